The van der Waals surface area contributed by atoms with E-state index in [0.29, 0.717) is 30.8 Å². The summed E-state index contributed by atoms with van der Waals surface area (Å²) in [6.07, 6.45) is 39.8. The topological polar surface area (TPSA) is 74.2 Å². The minimum absolute atomic E-state index is 0.00422. The highest BCUT2D eigenvalue weighted by Crippen LogP contribution is 2.43. The Bertz CT molecular complexity index is 719. The summed E-state index contributed by atoms with van der Waals surface area (Å²) in [5.74, 6) is 0. The second-order valence-electron chi connectivity index (χ2n) is 16.1. The van der Waals surface area contributed by atoms with E-state index >= 15 is 0 Å². The first kappa shape index (κ1) is 50.0. The Kier molecular flexibility index (Phi) is 37.3. The van der Waals surface area contributed by atoms with Gasteiger partial charge in [-0.3, -0.25) is 9.05 Å². The Morgan fingerprint density at radius 2 is 0.800 bits per heavy atom. The van der Waals surface area contributed by atoms with Gasteiger partial charge < -0.3 is 18.9 Å². The van der Waals surface area contributed by atoms with E-state index in [4.69, 9.17) is 18.5 Å². The number of ether oxygens (including phenoxy) is 2. The number of phosphoric ester groups is 1. The highest BCUT2D eigenvalue weighted by molar-refractivity contribution is 7.47. The van der Waals surface area contributed by atoms with Gasteiger partial charge in [0.05, 0.1) is 34.4 Å². The molecule has 50 heavy (non-hydrogen) atoms. The predicted molar refractivity (Wildman–Crippen MR) is 215 cm³/mol. The molecule has 8 heteroatoms. The van der Waals surface area contributed by atoms with Crippen molar-refractivity contribution in [1.82, 2.24) is 0 Å². The molecule has 2 unspecified atom stereocenters. The Balaban J connectivity index is 4.06. The maximum Gasteiger partial charge on any atom is 0.472 e. The van der Waals surface area contributed by atoms with Crippen molar-refractivity contribution in [2.75, 3.05) is 60.7 Å². The fourth-order valence-corrected chi connectivity index (χ4v) is 7.04. The van der Waals surface area contributed by atoms with Gasteiger partial charge in [-0.1, -0.05) is 194 Å². The first-order valence-corrected chi connectivity index (χ1v) is 23.3. The largest absolute Gasteiger partial charge is 0.472 e. The van der Waals surface area contributed by atoms with Crippen molar-refractivity contribution in [2.45, 2.75) is 213 Å². The number of likely N-dealkylation sites (N-methyl/N-ethyl adjacent to an activating group) is 1. The number of rotatable bonds is 42. The molecular weight excluding hydrogens is 645 g/mol. The summed E-state index contributed by atoms with van der Waals surface area (Å²) < 4.78 is 35.7. The molecule has 0 aromatic carbocycles. The Morgan fingerprint density at radius 3 is 1.16 bits per heavy atom. The third kappa shape index (κ3) is 40.8. The summed E-state index contributed by atoms with van der Waals surface area (Å²) in [5, 5.41) is 0. The van der Waals surface area contributed by atoms with E-state index < -0.39 is 7.82 Å². The monoisotopic (exact) mass is 735 g/mol. The molecule has 1 N–H and O–H groups in total. The van der Waals surface area contributed by atoms with Crippen LogP contribution >= 0.6 is 7.82 Å². The van der Waals surface area contributed by atoms with E-state index in [9.17, 15) is 9.46 Å². The van der Waals surface area contributed by atoms with Crippen LogP contribution in [0.4, 0.5) is 0 Å². The summed E-state index contributed by atoms with van der Waals surface area (Å²) in [4.78, 5) is 10.2. The van der Waals surface area contributed by atoms with E-state index in [1.165, 1.54) is 173 Å². The molecule has 0 saturated carbocycles. The molecule has 0 aromatic heterocycles. The lowest BCUT2D eigenvalue weighted by molar-refractivity contribution is -0.870. The van der Waals surface area contributed by atoms with Crippen LogP contribution in [0.2, 0.25) is 0 Å². The molecule has 0 saturated heterocycles. The fraction of sp³-hybridized carbons (Fsp3) is 1.00. The van der Waals surface area contributed by atoms with E-state index in [0.717, 1.165) is 19.3 Å². The maximum atomic E-state index is 12.5. The van der Waals surface area contributed by atoms with Crippen LogP contribution < -0.4 is 0 Å². The number of hydrogen-bond acceptors (Lipinski definition) is 5. The molecule has 0 aliphatic rings. The van der Waals surface area contributed by atoms with Crippen LogP contribution in [0.15, 0.2) is 0 Å². The first-order valence-electron chi connectivity index (χ1n) is 21.8. The normalized spacial score (nSPS) is 14.0. The maximum absolute atomic E-state index is 12.5. The van der Waals surface area contributed by atoms with Gasteiger partial charge in [-0.05, 0) is 12.8 Å². The van der Waals surface area contributed by atoms with Gasteiger partial charge in [0.2, 0.25) is 0 Å². The number of nitrogens with zero attached hydrogens (tertiary/aromatic N) is 1. The average Bonchev–Trinajstić information content (AvgIpc) is 3.07. The van der Waals surface area contributed by atoms with Crippen molar-refractivity contribution in [2.24, 2.45) is 0 Å². The summed E-state index contributed by atoms with van der Waals surface area (Å²) in [7, 11) is 1.92. The van der Waals surface area contributed by atoms with Gasteiger partial charge in [0.15, 0.2) is 0 Å². The number of phosphoric acid groups is 1. The van der Waals surface area contributed by atoms with Gasteiger partial charge in [0.1, 0.15) is 19.3 Å². The van der Waals surface area contributed by atoms with Gasteiger partial charge in [-0.2, -0.15) is 0 Å². The van der Waals surface area contributed by atoms with Crippen LogP contribution in [-0.2, 0) is 23.1 Å². The summed E-state index contributed by atoms with van der Waals surface area (Å²) in [5.41, 5.74) is 0. The van der Waals surface area contributed by atoms with Gasteiger partial charge in [0, 0.05) is 13.2 Å². The Morgan fingerprint density at radius 1 is 0.460 bits per heavy atom. The van der Waals surface area contributed by atoms with Crippen LogP contribution in [0.1, 0.15) is 206 Å². The minimum Gasteiger partial charge on any atom is -0.379 e. The zero-order valence-corrected chi connectivity index (χ0v) is 35.3. The van der Waals surface area contributed by atoms with Crippen LogP contribution in [0.5, 0.6) is 0 Å². The number of hydrogen-bond donors (Lipinski definition) is 1. The van der Waals surface area contributed by atoms with Crippen molar-refractivity contribution in [3.8, 4) is 0 Å². The molecule has 0 amide bonds. The van der Waals surface area contributed by atoms with Crippen molar-refractivity contribution >= 4 is 7.82 Å². The molecule has 2 atom stereocenters. The van der Waals surface area contributed by atoms with Crippen LogP contribution in [0, 0.1) is 0 Å². The molecule has 0 aromatic rings. The lowest BCUT2D eigenvalue weighted by Crippen LogP contribution is -2.37. The van der Waals surface area contributed by atoms with Crippen molar-refractivity contribution in [1.29, 1.82) is 0 Å². The molecule has 0 heterocycles. The lowest BCUT2D eigenvalue weighted by atomic mass is 10.0. The van der Waals surface area contributed by atoms with Gasteiger partial charge in [-0.25, -0.2) is 4.57 Å². The van der Waals surface area contributed by atoms with Gasteiger partial charge in [-0.15, -0.1) is 0 Å². The summed E-state index contributed by atoms with van der Waals surface area (Å²) in [6, 6.07) is 0. The summed E-state index contributed by atoms with van der Waals surface area (Å²) >= 11 is 0. The van der Waals surface area contributed by atoms with Crippen LogP contribution in [0.3, 0.4) is 0 Å². The predicted octanol–water partition coefficient (Wildman–Crippen LogP) is 13.0. The Labute approximate surface area is 312 Å². The molecule has 0 aliphatic heterocycles. The average molecular weight is 735 g/mol. The quantitative estimate of drug-likeness (QED) is 0.0382. The smallest absolute Gasteiger partial charge is 0.379 e. The molecule has 0 rings (SSSR count). The van der Waals surface area contributed by atoms with Gasteiger partial charge >= 0.3 is 7.82 Å². The molecular formula is C42H89NO6P+. The van der Waals surface area contributed by atoms with E-state index in [-0.39, 0.29) is 19.3 Å². The third-order valence-corrected chi connectivity index (χ3v) is 10.7. The van der Waals surface area contributed by atoms with E-state index in [2.05, 4.69) is 13.8 Å². The third-order valence-electron chi connectivity index (χ3n) is 9.74. The van der Waals surface area contributed by atoms with Crippen molar-refractivity contribution in [3.63, 3.8) is 0 Å². The minimum atomic E-state index is -4.13. The second kappa shape index (κ2) is 37.3. The summed E-state index contributed by atoms with van der Waals surface area (Å²) in [6.45, 7) is 7.02. The zero-order chi connectivity index (χ0) is 36.9. The van der Waals surface area contributed by atoms with Crippen LogP contribution in [-0.4, -0.2) is 76.2 Å². The van der Waals surface area contributed by atoms with E-state index in [1.54, 1.807) is 0 Å². The van der Waals surface area contributed by atoms with E-state index in [1.807, 2.05) is 21.1 Å². The second-order valence-corrected chi connectivity index (χ2v) is 17.5. The fourth-order valence-electron chi connectivity index (χ4n) is 6.30. The molecule has 0 fully saturated rings. The van der Waals surface area contributed by atoms with Gasteiger partial charge in [0.25, 0.3) is 0 Å². The highest BCUT2D eigenvalue weighted by Gasteiger charge is 2.25. The van der Waals surface area contributed by atoms with Crippen molar-refractivity contribution < 1.29 is 32.5 Å². The van der Waals surface area contributed by atoms with Crippen molar-refractivity contribution in [3.05, 3.63) is 0 Å². The molecule has 0 radical (unpaired) electrons. The lowest BCUT2D eigenvalue weighted by Gasteiger charge is -2.24. The standard InChI is InChI=1S/C42H88NO6P/c1-6-8-10-12-14-16-18-20-22-23-25-27-29-31-33-35-38-47-42(41-49-50(44,45)48-39-36-43(3,4)5)40-46-37-34-32-30-28-26-24-21-19-17-15-13-11-9-7-2/h42H,6-41H2,1-5H3/p+1. The molecule has 302 valence electrons. The zero-order valence-electron chi connectivity index (χ0n) is 34.4. The number of quaternary nitrogens is 1. The molecule has 7 nitrogen and oxygen atoms in total. The SMILES string of the molecule is CCCCCCCCCCCCCCCCCCOC(COCCCCCCCCCCCCCCCC)COP(=O)(O)OCC[N+](C)(C)C. The molecule has 0 bridgehead atoms. The number of unbranched alkanes of at least 4 members (excludes halogenated alkanes) is 28. The van der Waals surface area contributed by atoms with Crippen LogP contribution in [0.25, 0.3) is 0 Å². The highest BCUT2D eigenvalue weighted by atomic mass is 31.2. The Hall–Kier alpha value is -0.0100. The molecule has 0 spiro atoms. The first-order chi connectivity index (χ1) is 24.2. The molecule has 0 aliphatic carbocycles.